The number of Topliss-reactive ketones (excluding diaryl/α,β-unsaturated/α-hetero) is 1. The third-order valence-electron chi connectivity index (χ3n) is 3.46. The quantitative estimate of drug-likeness (QED) is 0.757. The van der Waals surface area contributed by atoms with Crippen LogP contribution in [-0.4, -0.2) is 28.8 Å². The normalized spacial score (nSPS) is 17.4. The lowest BCUT2D eigenvalue weighted by Gasteiger charge is -2.23. The van der Waals surface area contributed by atoms with Crippen molar-refractivity contribution in [1.29, 1.82) is 0 Å². The monoisotopic (exact) mass is 236 g/mol. The van der Waals surface area contributed by atoms with E-state index in [1.54, 1.807) is 0 Å². The summed E-state index contributed by atoms with van der Waals surface area (Å²) in [6, 6.07) is 0.390. The summed E-state index contributed by atoms with van der Waals surface area (Å²) in [6.45, 7) is 7.40. The Morgan fingerprint density at radius 1 is 1.41 bits per heavy atom. The van der Waals surface area contributed by atoms with Gasteiger partial charge in [-0.05, 0) is 26.7 Å². The third kappa shape index (κ3) is 2.27. The number of aromatic nitrogens is 2. The van der Waals surface area contributed by atoms with Crippen molar-refractivity contribution in [2.24, 2.45) is 0 Å². The molecule has 0 amide bonds. The lowest BCUT2D eigenvalue weighted by molar-refractivity contribution is 0.0655. The minimum atomic E-state index is 0.193. The zero-order valence-corrected chi connectivity index (χ0v) is 10.8. The summed E-state index contributed by atoms with van der Waals surface area (Å²) in [5.41, 5.74) is 2.70. The number of carbonyl (C=O) groups excluding carboxylic acids is 1. The Morgan fingerprint density at radius 3 is 2.65 bits per heavy atom. The zero-order chi connectivity index (χ0) is 12.4. The van der Waals surface area contributed by atoms with Crippen molar-refractivity contribution < 1.29 is 9.53 Å². The standard InChI is InChI=1S/C13H20N2O2/c1-4-12(16)13-9(2)14-15(10(13)3)11-5-7-17-8-6-11/h11H,4-8H2,1-3H3. The fourth-order valence-electron chi connectivity index (χ4n) is 2.53. The van der Waals surface area contributed by atoms with Gasteiger partial charge in [0.15, 0.2) is 5.78 Å². The van der Waals surface area contributed by atoms with Crippen molar-refractivity contribution in [2.75, 3.05) is 13.2 Å². The van der Waals surface area contributed by atoms with E-state index in [0.717, 1.165) is 43.0 Å². The minimum absolute atomic E-state index is 0.193. The van der Waals surface area contributed by atoms with Crippen LogP contribution in [0.4, 0.5) is 0 Å². The molecule has 17 heavy (non-hydrogen) atoms. The molecule has 4 nitrogen and oxygen atoms in total. The first-order valence-corrected chi connectivity index (χ1v) is 6.31. The second-order valence-corrected chi connectivity index (χ2v) is 4.61. The van der Waals surface area contributed by atoms with Gasteiger partial charge in [-0.1, -0.05) is 6.92 Å². The molecule has 2 rings (SSSR count). The van der Waals surface area contributed by atoms with Gasteiger partial charge in [-0.25, -0.2) is 0 Å². The van der Waals surface area contributed by atoms with E-state index in [-0.39, 0.29) is 5.78 Å². The first kappa shape index (κ1) is 12.3. The first-order chi connectivity index (χ1) is 8.15. The van der Waals surface area contributed by atoms with Crippen molar-refractivity contribution in [1.82, 2.24) is 9.78 Å². The predicted molar refractivity (Wildman–Crippen MR) is 65.4 cm³/mol. The SMILES string of the molecule is CCC(=O)c1c(C)nn(C2CCOCC2)c1C. The van der Waals surface area contributed by atoms with Crippen molar-refractivity contribution >= 4 is 5.78 Å². The van der Waals surface area contributed by atoms with Crippen LogP contribution in [0.15, 0.2) is 0 Å². The van der Waals surface area contributed by atoms with E-state index < -0.39 is 0 Å². The summed E-state index contributed by atoms with van der Waals surface area (Å²) in [5.74, 6) is 0.193. The molecule has 1 aromatic heterocycles. The number of carbonyl (C=O) groups is 1. The lowest BCUT2D eigenvalue weighted by atomic mass is 10.1. The molecular formula is C13H20N2O2. The Bertz CT molecular complexity index is 417. The van der Waals surface area contributed by atoms with Gasteiger partial charge in [0.2, 0.25) is 0 Å². The van der Waals surface area contributed by atoms with Crippen LogP contribution in [0.2, 0.25) is 0 Å². The maximum absolute atomic E-state index is 11.9. The molecule has 0 bridgehead atoms. The Kier molecular flexibility index (Phi) is 3.62. The molecule has 0 atom stereocenters. The molecule has 1 fully saturated rings. The van der Waals surface area contributed by atoms with E-state index in [1.165, 1.54) is 0 Å². The summed E-state index contributed by atoms with van der Waals surface area (Å²) < 4.78 is 7.39. The van der Waals surface area contributed by atoms with Gasteiger partial charge in [-0.2, -0.15) is 5.10 Å². The molecule has 1 aromatic rings. The van der Waals surface area contributed by atoms with E-state index in [1.807, 2.05) is 25.5 Å². The highest BCUT2D eigenvalue weighted by Crippen LogP contribution is 2.25. The molecule has 4 heteroatoms. The number of nitrogens with zero attached hydrogens (tertiary/aromatic N) is 2. The van der Waals surface area contributed by atoms with Crippen LogP contribution in [0.1, 0.15) is 54.0 Å². The molecule has 0 unspecified atom stereocenters. The minimum Gasteiger partial charge on any atom is -0.381 e. The summed E-state index contributed by atoms with van der Waals surface area (Å²) in [7, 11) is 0. The maximum Gasteiger partial charge on any atom is 0.166 e. The fourth-order valence-corrected chi connectivity index (χ4v) is 2.53. The largest absolute Gasteiger partial charge is 0.381 e. The molecule has 0 spiro atoms. The number of ketones is 1. The average molecular weight is 236 g/mol. The number of aryl methyl sites for hydroxylation is 1. The molecule has 1 aliphatic rings. The van der Waals surface area contributed by atoms with Crippen LogP contribution in [0.25, 0.3) is 0 Å². The third-order valence-corrected chi connectivity index (χ3v) is 3.46. The van der Waals surface area contributed by atoms with Gasteiger partial charge in [0.1, 0.15) is 0 Å². The van der Waals surface area contributed by atoms with Gasteiger partial charge in [-0.15, -0.1) is 0 Å². The number of ether oxygens (including phenoxy) is 1. The first-order valence-electron chi connectivity index (χ1n) is 6.31. The second-order valence-electron chi connectivity index (χ2n) is 4.61. The van der Waals surface area contributed by atoms with Gasteiger partial charge in [-0.3, -0.25) is 9.48 Å². The predicted octanol–water partition coefficient (Wildman–Crippen LogP) is 2.44. The lowest BCUT2D eigenvalue weighted by Crippen LogP contribution is -2.21. The van der Waals surface area contributed by atoms with Crippen molar-refractivity contribution in [3.8, 4) is 0 Å². The molecule has 0 radical (unpaired) electrons. The highest BCUT2D eigenvalue weighted by atomic mass is 16.5. The van der Waals surface area contributed by atoms with Gasteiger partial charge in [0, 0.05) is 25.3 Å². The Labute approximate surface area is 102 Å². The van der Waals surface area contributed by atoms with Crippen molar-refractivity contribution in [3.05, 3.63) is 17.0 Å². The molecule has 1 aliphatic heterocycles. The van der Waals surface area contributed by atoms with Crippen LogP contribution in [-0.2, 0) is 4.74 Å². The fraction of sp³-hybridized carbons (Fsp3) is 0.692. The zero-order valence-electron chi connectivity index (χ0n) is 10.8. The highest BCUT2D eigenvalue weighted by molar-refractivity contribution is 5.97. The van der Waals surface area contributed by atoms with E-state index in [4.69, 9.17) is 4.74 Å². The Morgan fingerprint density at radius 2 is 2.06 bits per heavy atom. The van der Waals surface area contributed by atoms with Crippen LogP contribution in [0.3, 0.4) is 0 Å². The summed E-state index contributed by atoms with van der Waals surface area (Å²) in [6.07, 6.45) is 2.52. The second kappa shape index (κ2) is 5.00. The Balaban J connectivity index is 2.32. The van der Waals surface area contributed by atoms with Gasteiger partial charge >= 0.3 is 0 Å². The van der Waals surface area contributed by atoms with Crippen LogP contribution in [0.5, 0.6) is 0 Å². The Hall–Kier alpha value is -1.16. The average Bonchev–Trinajstić information content (AvgIpc) is 2.65. The smallest absolute Gasteiger partial charge is 0.166 e. The number of hydrogen-bond donors (Lipinski definition) is 0. The summed E-state index contributed by atoms with van der Waals surface area (Å²) in [5, 5.41) is 4.54. The van der Waals surface area contributed by atoms with Crippen LogP contribution >= 0.6 is 0 Å². The molecule has 0 N–H and O–H groups in total. The molecule has 94 valence electrons. The molecule has 0 saturated carbocycles. The molecule has 1 saturated heterocycles. The molecule has 0 aliphatic carbocycles. The van der Waals surface area contributed by atoms with Gasteiger partial charge in [0.25, 0.3) is 0 Å². The molecule has 0 aromatic carbocycles. The summed E-state index contributed by atoms with van der Waals surface area (Å²) in [4.78, 5) is 11.9. The van der Waals surface area contributed by atoms with Gasteiger partial charge < -0.3 is 4.74 Å². The van der Waals surface area contributed by atoms with E-state index in [2.05, 4.69) is 5.10 Å². The highest BCUT2D eigenvalue weighted by Gasteiger charge is 2.23. The maximum atomic E-state index is 11.9. The van der Waals surface area contributed by atoms with Crippen molar-refractivity contribution in [3.63, 3.8) is 0 Å². The van der Waals surface area contributed by atoms with Crippen LogP contribution < -0.4 is 0 Å². The van der Waals surface area contributed by atoms with E-state index in [0.29, 0.717) is 12.5 Å². The van der Waals surface area contributed by atoms with Crippen molar-refractivity contribution in [2.45, 2.75) is 46.1 Å². The molecular weight excluding hydrogens is 216 g/mol. The van der Waals surface area contributed by atoms with E-state index >= 15 is 0 Å². The van der Waals surface area contributed by atoms with Crippen LogP contribution in [0, 0.1) is 13.8 Å². The number of hydrogen-bond acceptors (Lipinski definition) is 3. The topological polar surface area (TPSA) is 44.1 Å². The molecule has 2 heterocycles. The number of rotatable bonds is 3. The summed E-state index contributed by atoms with van der Waals surface area (Å²) >= 11 is 0. The van der Waals surface area contributed by atoms with Gasteiger partial charge in [0.05, 0.1) is 17.3 Å². The van der Waals surface area contributed by atoms with E-state index in [9.17, 15) is 4.79 Å².